The lowest BCUT2D eigenvalue weighted by Gasteiger charge is -1.99. The van der Waals surface area contributed by atoms with Gasteiger partial charge in [0.2, 0.25) is 0 Å². The number of Topliss-reactive ketones (excluding diaryl/α,β-unsaturated/α-hetero) is 1. The quantitative estimate of drug-likeness (QED) is 0.616. The molecule has 0 aliphatic rings. The van der Waals surface area contributed by atoms with Gasteiger partial charge in [0.1, 0.15) is 12.0 Å². The zero-order valence-corrected chi connectivity index (χ0v) is 7.19. The van der Waals surface area contributed by atoms with Crippen molar-refractivity contribution in [3.63, 3.8) is 0 Å². The fourth-order valence-corrected chi connectivity index (χ4v) is 1.29. The number of carbonyl (C=O) groups is 1. The molecule has 1 heterocycles. The van der Waals surface area contributed by atoms with Gasteiger partial charge in [0, 0.05) is 12.3 Å². The van der Waals surface area contributed by atoms with E-state index in [1.165, 1.54) is 13.3 Å². The lowest BCUT2D eigenvalue weighted by molar-refractivity contribution is 0.101. The van der Waals surface area contributed by atoms with E-state index in [1.807, 2.05) is 24.3 Å². The maximum absolute atomic E-state index is 11.2. The van der Waals surface area contributed by atoms with E-state index in [4.69, 9.17) is 0 Å². The molecule has 2 rings (SSSR count). The largest absolute Gasteiger partial charge is 0.293 e. The van der Waals surface area contributed by atoms with E-state index < -0.39 is 0 Å². The highest BCUT2D eigenvalue weighted by molar-refractivity contribution is 6.03. The molecule has 0 aliphatic heterocycles. The molecule has 0 saturated heterocycles. The van der Waals surface area contributed by atoms with E-state index in [0.717, 1.165) is 10.9 Å². The zero-order chi connectivity index (χ0) is 9.26. The molecule has 1 aromatic carbocycles. The van der Waals surface area contributed by atoms with Gasteiger partial charge < -0.3 is 0 Å². The normalized spacial score (nSPS) is 10.2. The highest BCUT2D eigenvalue weighted by Gasteiger charge is 2.05. The fourth-order valence-electron chi connectivity index (χ4n) is 1.29. The number of hydrogen-bond acceptors (Lipinski definition) is 3. The van der Waals surface area contributed by atoms with E-state index in [-0.39, 0.29) is 5.78 Å². The lowest BCUT2D eigenvalue weighted by Crippen LogP contribution is -1.98. The number of nitrogens with zero attached hydrogens (tertiary/aromatic N) is 2. The Morgan fingerprint density at radius 1 is 1.23 bits per heavy atom. The van der Waals surface area contributed by atoms with Gasteiger partial charge in [-0.05, 0) is 6.07 Å². The summed E-state index contributed by atoms with van der Waals surface area (Å²) in [6.45, 7) is 1.51. The van der Waals surface area contributed by atoms with E-state index in [1.54, 1.807) is 0 Å². The number of para-hydroxylation sites is 1. The Bertz CT molecular complexity index is 460. The Hall–Kier alpha value is -1.77. The molecule has 0 bridgehead atoms. The number of hydrogen-bond donors (Lipinski definition) is 0. The van der Waals surface area contributed by atoms with Crippen LogP contribution in [0.4, 0.5) is 0 Å². The molecule has 3 heteroatoms. The summed E-state index contributed by atoms with van der Waals surface area (Å²) >= 11 is 0. The van der Waals surface area contributed by atoms with Crippen molar-refractivity contribution in [3.05, 3.63) is 36.3 Å². The van der Waals surface area contributed by atoms with E-state index in [9.17, 15) is 4.79 Å². The summed E-state index contributed by atoms with van der Waals surface area (Å²) in [5.74, 6) is -0.0291. The molecule has 0 atom stereocenters. The Kier molecular flexibility index (Phi) is 1.77. The van der Waals surface area contributed by atoms with Crippen molar-refractivity contribution >= 4 is 16.7 Å². The van der Waals surface area contributed by atoms with E-state index in [2.05, 4.69) is 9.97 Å². The number of carbonyl (C=O) groups excluding carboxylic acids is 1. The summed E-state index contributed by atoms with van der Waals surface area (Å²) in [4.78, 5) is 19.2. The van der Waals surface area contributed by atoms with Crippen LogP contribution in [0.25, 0.3) is 10.9 Å². The van der Waals surface area contributed by atoms with Crippen molar-refractivity contribution in [2.45, 2.75) is 6.92 Å². The Balaban J connectivity index is 2.83. The van der Waals surface area contributed by atoms with Gasteiger partial charge in [-0.1, -0.05) is 18.2 Å². The molecule has 0 amide bonds. The second-order valence-corrected chi connectivity index (χ2v) is 2.80. The standard InChI is InChI=1S/C10H8N2O/c1-7(13)10-8-4-2-3-5-9(8)11-6-12-10/h2-6H,1H3. The molecule has 13 heavy (non-hydrogen) atoms. The molecule has 0 unspecified atom stereocenters. The molecule has 0 spiro atoms. The molecule has 64 valence electrons. The van der Waals surface area contributed by atoms with Crippen LogP contribution in [0.5, 0.6) is 0 Å². The molecular formula is C10H8N2O. The molecule has 2 aromatic rings. The number of rotatable bonds is 1. The smallest absolute Gasteiger partial charge is 0.178 e. The highest BCUT2D eigenvalue weighted by atomic mass is 16.1. The number of fused-ring (bicyclic) bond motifs is 1. The van der Waals surface area contributed by atoms with Gasteiger partial charge in [-0.3, -0.25) is 4.79 Å². The monoisotopic (exact) mass is 172 g/mol. The van der Waals surface area contributed by atoms with Gasteiger partial charge in [0.05, 0.1) is 5.52 Å². The Morgan fingerprint density at radius 2 is 2.00 bits per heavy atom. The van der Waals surface area contributed by atoms with Crippen molar-refractivity contribution in [2.75, 3.05) is 0 Å². The summed E-state index contributed by atoms with van der Waals surface area (Å²) in [5.41, 5.74) is 1.30. The second-order valence-electron chi connectivity index (χ2n) is 2.80. The minimum atomic E-state index is -0.0291. The van der Waals surface area contributed by atoms with Crippen molar-refractivity contribution in [2.24, 2.45) is 0 Å². The van der Waals surface area contributed by atoms with Gasteiger partial charge in [0.15, 0.2) is 5.78 Å². The minimum Gasteiger partial charge on any atom is -0.293 e. The summed E-state index contributed by atoms with van der Waals surface area (Å²) in [5, 5.41) is 0.817. The molecule has 3 nitrogen and oxygen atoms in total. The summed E-state index contributed by atoms with van der Waals surface area (Å²) in [7, 11) is 0. The maximum atomic E-state index is 11.2. The Labute approximate surface area is 75.4 Å². The fraction of sp³-hybridized carbons (Fsp3) is 0.100. The van der Waals surface area contributed by atoms with Gasteiger partial charge in [-0.25, -0.2) is 9.97 Å². The van der Waals surface area contributed by atoms with Crippen molar-refractivity contribution in [1.82, 2.24) is 9.97 Å². The van der Waals surface area contributed by atoms with Crippen LogP contribution in [-0.2, 0) is 0 Å². The maximum Gasteiger partial charge on any atom is 0.178 e. The predicted octanol–water partition coefficient (Wildman–Crippen LogP) is 1.83. The Morgan fingerprint density at radius 3 is 2.77 bits per heavy atom. The van der Waals surface area contributed by atoms with Crippen molar-refractivity contribution < 1.29 is 4.79 Å². The van der Waals surface area contributed by atoms with Gasteiger partial charge >= 0.3 is 0 Å². The van der Waals surface area contributed by atoms with Crippen LogP contribution in [0.1, 0.15) is 17.4 Å². The third kappa shape index (κ3) is 1.28. The number of benzene rings is 1. The average Bonchev–Trinajstić information content (AvgIpc) is 2.17. The van der Waals surface area contributed by atoms with E-state index >= 15 is 0 Å². The predicted molar refractivity (Wildman–Crippen MR) is 49.5 cm³/mol. The molecule has 0 fully saturated rings. The van der Waals surface area contributed by atoms with Crippen molar-refractivity contribution in [3.8, 4) is 0 Å². The first-order valence-electron chi connectivity index (χ1n) is 4.00. The average molecular weight is 172 g/mol. The first kappa shape index (κ1) is 7.86. The molecule has 1 aromatic heterocycles. The van der Waals surface area contributed by atoms with Gasteiger partial charge in [-0.15, -0.1) is 0 Å². The third-order valence-electron chi connectivity index (χ3n) is 1.88. The lowest BCUT2D eigenvalue weighted by atomic mass is 10.1. The summed E-state index contributed by atoms with van der Waals surface area (Å²) in [6, 6.07) is 7.48. The van der Waals surface area contributed by atoms with Crippen LogP contribution in [0, 0.1) is 0 Å². The SMILES string of the molecule is CC(=O)c1ncnc2ccccc12. The topological polar surface area (TPSA) is 42.9 Å². The number of aromatic nitrogens is 2. The van der Waals surface area contributed by atoms with Gasteiger partial charge in [-0.2, -0.15) is 0 Å². The summed E-state index contributed by atoms with van der Waals surface area (Å²) < 4.78 is 0. The molecule has 0 radical (unpaired) electrons. The first-order chi connectivity index (χ1) is 6.29. The van der Waals surface area contributed by atoms with Gasteiger partial charge in [0.25, 0.3) is 0 Å². The van der Waals surface area contributed by atoms with Crippen LogP contribution in [0.15, 0.2) is 30.6 Å². The zero-order valence-electron chi connectivity index (χ0n) is 7.19. The minimum absolute atomic E-state index is 0.0291. The molecular weight excluding hydrogens is 164 g/mol. The molecule has 0 N–H and O–H groups in total. The molecule has 0 saturated carbocycles. The van der Waals surface area contributed by atoms with Crippen LogP contribution in [-0.4, -0.2) is 15.8 Å². The van der Waals surface area contributed by atoms with Crippen LogP contribution >= 0.6 is 0 Å². The van der Waals surface area contributed by atoms with Crippen LogP contribution in [0.2, 0.25) is 0 Å². The van der Waals surface area contributed by atoms with E-state index in [0.29, 0.717) is 5.69 Å². The van der Waals surface area contributed by atoms with Crippen LogP contribution < -0.4 is 0 Å². The van der Waals surface area contributed by atoms with Crippen LogP contribution in [0.3, 0.4) is 0 Å². The molecule has 0 aliphatic carbocycles. The highest BCUT2D eigenvalue weighted by Crippen LogP contribution is 2.13. The third-order valence-corrected chi connectivity index (χ3v) is 1.88. The first-order valence-corrected chi connectivity index (χ1v) is 4.00. The van der Waals surface area contributed by atoms with Crippen molar-refractivity contribution in [1.29, 1.82) is 0 Å². The second kappa shape index (κ2) is 2.94. The summed E-state index contributed by atoms with van der Waals surface area (Å²) in [6.07, 6.45) is 1.42. The number of ketones is 1.